The molecule has 0 radical (unpaired) electrons. The smallest absolute Gasteiger partial charge is 0.196 e. The summed E-state index contributed by atoms with van der Waals surface area (Å²) in [6.45, 7) is 3.93. The average Bonchev–Trinajstić information content (AvgIpc) is 2.46. The molecule has 0 saturated carbocycles. The first-order valence-electron chi connectivity index (χ1n) is 8.24. The lowest BCUT2D eigenvalue weighted by molar-refractivity contribution is -0.115. The van der Waals surface area contributed by atoms with Crippen LogP contribution in [0.2, 0.25) is 0 Å². The van der Waals surface area contributed by atoms with E-state index in [1.54, 1.807) is 6.92 Å². The largest absolute Gasteiger partial charge is 0.290 e. The molecule has 118 valence electrons. The van der Waals surface area contributed by atoms with Crippen LogP contribution in [0.1, 0.15) is 78.1 Å². The van der Waals surface area contributed by atoms with Gasteiger partial charge in [-0.15, -0.1) is 0 Å². The summed E-state index contributed by atoms with van der Waals surface area (Å²) in [4.78, 5) is 23.7. The van der Waals surface area contributed by atoms with E-state index in [0.29, 0.717) is 22.0 Å². The molecule has 0 N–H and O–H groups in total. The number of carbonyl (C=O) groups excluding carboxylic acids is 2. The van der Waals surface area contributed by atoms with Crippen molar-refractivity contribution < 1.29 is 9.59 Å². The first kappa shape index (κ1) is 18.3. The molecule has 3 heteroatoms. The zero-order valence-electron chi connectivity index (χ0n) is 13.3. The van der Waals surface area contributed by atoms with Crippen LogP contribution in [0.4, 0.5) is 0 Å². The molecule has 0 fully saturated rings. The molecule has 0 aromatic heterocycles. The Balaban J connectivity index is 2.18. The summed E-state index contributed by atoms with van der Waals surface area (Å²) in [6.07, 6.45) is 13.5. The second-order valence-electron chi connectivity index (χ2n) is 5.89. The highest BCUT2D eigenvalue weighted by atomic mass is 79.9. The molecule has 21 heavy (non-hydrogen) atoms. The monoisotopic (exact) mass is 354 g/mol. The fourth-order valence-electron chi connectivity index (χ4n) is 2.61. The number of ketones is 2. The molecule has 0 aromatic rings. The first-order chi connectivity index (χ1) is 10.1. The molecule has 0 spiro atoms. The minimum absolute atomic E-state index is 0.00135. The van der Waals surface area contributed by atoms with Crippen molar-refractivity contribution >= 4 is 27.5 Å². The van der Waals surface area contributed by atoms with E-state index >= 15 is 0 Å². The quantitative estimate of drug-likeness (QED) is 0.375. The summed E-state index contributed by atoms with van der Waals surface area (Å²) in [5.74, 6) is -0.0425. The molecule has 2 nitrogen and oxygen atoms in total. The number of hydrogen-bond acceptors (Lipinski definition) is 2. The maximum atomic E-state index is 11.9. The molecular formula is C18H27BrO2. The third-order valence-electron chi connectivity index (χ3n) is 4.00. The van der Waals surface area contributed by atoms with E-state index in [-0.39, 0.29) is 11.6 Å². The summed E-state index contributed by atoms with van der Waals surface area (Å²) >= 11 is 3.29. The predicted molar refractivity (Wildman–Crippen MR) is 91.6 cm³/mol. The first-order valence-corrected chi connectivity index (χ1v) is 9.03. The van der Waals surface area contributed by atoms with Gasteiger partial charge in [0, 0.05) is 11.1 Å². The Morgan fingerprint density at radius 2 is 1.43 bits per heavy atom. The maximum absolute atomic E-state index is 11.9. The van der Waals surface area contributed by atoms with Gasteiger partial charge in [0.05, 0.1) is 4.48 Å². The molecule has 0 aromatic carbocycles. The summed E-state index contributed by atoms with van der Waals surface area (Å²) < 4.78 is 0.479. The van der Waals surface area contributed by atoms with E-state index in [0.717, 1.165) is 12.8 Å². The lowest BCUT2D eigenvalue weighted by atomic mass is 9.94. The van der Waals surface area contributed by atoms with Gasteiger partial charge >= 0.3 is 0 Å². The van der Waals surface area contributed by atoms with Crippen LogP contribution in [-0.4, -0.2) is 11.6 Å². The number of Topliss-reactive ketones (excluding diaryl/α,β-unsaturated/α-hetero) is 1. The molecule has 1 aliphatic carbocycles. The summed E-state index contributed by atoms with van der Waals surface area (Å²) in [7, 11) is 0. The number of rotatable bonds is 10. The van der Waals surface area contributed by atoms with Crippen molar-refractivity contribution in [2.24, 2.45) is 0 Å². The highest BCUT2D eigenvalue weighted by Gasteiger charge is 2.23. The van der Waals surface area contributed by atoms with Crippen LogP contribution < -0.4 is 0 Å². The van der Waals surface area contributed by atoms with Crippen molar-refractivity contribution in [3.05, 3.63) is 21.7 Å². The van der Waals surface area contributed by atoms with Crippen molar-refractivity contribution in [2.75, 3.05) is 0 Å². The Kier molecular flexibility index (Phi) is 8.82. The highest BCUT2D eigenvalue weighted by molar-refractivity contribution is 9.12. The van der Waals surface area contributed by atoms with Gasteiger partial charge in [0.15, 0.2) is 11.6 Å². The van der Waals surface area contributed by atoms with Gasteiger partial charge < -0.3 is 0 Å². The summed E-state index contributed by atoms with van der Waals surface area (Å²) in [5, 5.41) is 0. The van der Waals surface area contributed by atoms with Crippen LogP contribution in [0.3, 0.4) is 0 Å². The molecule has 1 aliphatic rings. The van der Waals surface area contributed by atoms with Crippen LogP contribution in [0.25, 0.3) is 0 Å². The fourth-order valence-corrected chi connectivity index (χ4v) is 3.32. The normalized spacial score (nSPS) is 15.7. The minimum atomic E-state index is -0.0412. The van der Waals surface area contributed by atoms with E-state index in [1.807, 2.05) is 0 Å². The van der Waals surface area contributed by atoms with Crippen LogP contribution in [0.15, 0.2) is 21.7 Å². The maximum Gasteiger partial charge on any atom is 0.196 e. The van der Waals surface area contributed by atoms with Crippen LogP contribution in [0, 0.1) is 0 Å². The molecule has 0 bridgehead atoms. The predicted octanol–water partition coefficient (Wildman–Crippen LogP) is 5.65. The van der Waals surface area contributed by atoms with Crippen molar-refractivity contribution in [1.82, 2.24) is 0 Å². The van der Waals surface area contributed by atoms with Crippen LogP contribution >= 0.6 is 15.9 Å². The molecule has 0 saturated heterocycles. The van der Waals surface area contributed by atoms with E-state index < -0.39 is 0 Å². The van der Waals surface area contributed by atoms with Crippen LogP contribution in [-0.2, 0) is 9.59 Å². The Bertz CT molecular complexity index is 432. The van der Waals surface area contributed by atoms with Crippen molar-refractivity contribution in [3.8, 4) is 0 Å². The second-order valence-corrected chi connectivity index (χ2v) is 6.68. The zero-order chi connectivity index (χ0) is 15.7. The Hall–Kier alpha value is -0.700. The lowest BCUT2D eigenvalue weighted by Crippen LogP contribution is -2.15. The number of allylic oxidation sites excluding steroid dienone is 4. The fraction of sp³-hybridized carbons (Fsp3) is 0.667. The third kappa shape index (κ3) is 6.29. The molecular weight excluding hydrogens is 328 g/mol. The molecule has 0 heterocycles. The Morgan fingerprint density at radius 1 is 0.905 bits per heavy atom. The average molecular weight is 355 g/mol. The van der Waals surface area contributed by atoms with Gasteiger partial charge in [-0.2, -0.15) is 0 Å². The molecule has 0 unspecified atom stereocenters. The number of carbonyl (C=O) groups is 2. The lowest BCUT2D eigenvalue weighted by Gasteiger charge is -2.13. The van der Waals surface area contributed by atoms with Gasteiger partial charge in [-0.25, -0.2) is 0 Å². The SMILES string of the molecule is CCCCCCCCCCCC1=C(Br)C(=O)C(C)=CC1=O. The van der Waals surface area contributed by atoms with Gasteiger partial charge in [0.2, 0.25) is 0 Å². The number of halogens is 1. The van der Waals surface area contributed by atoms with E-state index in [9.17, 15) is 9.59 Å². The number of hydrogen-bond donors (Lipinski definition) is 0. The Morgan fingerprint density at radius 3 is 2.00 bits per heavy atom. The van der Waals surface area contributed by atoms with Crippen molar-refractivity contribution in [2.45, 2.75) is 78.1 Å². The van der Waals surface area contributed by atoms with Crippen LogP contribution in [0.5, 0.6) is 0 Å². The van der Waals surface area contributed by atoms with E-state index in [2.05, 4.69) is 22.9 Å². The van der Waals surface area contributed by atoms with E-state index in [4.69, 9.17) is 0 Å². The van der Waals surface area contributed by atoms with Gasteiger partial charge in [0.25, 0.3) is 0 Å². The molecule has 0 amide bonds. The molecule has 0 aliphatic heterocycles. The highest BCUT2D eigenvalue weighted by Crippen LogP contribution is 2.27. The minimum Gasteiger partial charge on any atom is -0.290 e. The molecule has 0 atom stereocenters. The topological polar surface area (TPSA) is 34.1 Å². The third-order valence-corrected chi connectivity index (χ3v) is 4.84. The van der Waals surface area contributed by atoms with Gasteiger partial charge in [-0.1, -0.05) is 58.3 Å². The summed E-state index contributed by atoms with van der Waals surface area (Å²) in [6, 6.07) is 0. The van der Waals surface area contributed by atoms with Crippen molar-refractivity contribution in [3.63, 3.8) is 0 Å². The van der Waals surface area contributed by atoms with Crippen molar-refractivity contribution in [1.29, 1.82) is 0 Å². The van der Waals surface area contributed by atoms with Gasteiger partial charge in [-0.05, 0) is 41.8 Å². The van der Waals surface area contributed by atoms with Gasteiger partial charge in [-0.3, -0.25) is 9.59 Å². The summed E-state index contributed by atoms with van der Waals surface area (Å²) in [5.41, 5.74) is 1.19. The van der Waals surface area contributed by atoms with E-state index in [1.165, 1.54) is 51.0 Å². The Labute approximate surface area is 137 Å². The molecule has 1 rings (SSSR count). The second kappa shape index (κ2) is 10.1. The van der Waals surface area contributed by atoms with Gasteiger partial charge in [0.1, 0.15) is 0 Å². The zero-order valence-corrected chi connectivity index (χ0v) is 14.9. The number of unbranched alkanes of at least 4 members (excludes halogenated alkanes) is 8. The standard InChI is InChI=1S/C18H27BrO2/c1-3-4-5-6-7-8-9-10-11-12-15-16(20)13-14(2)18(21)17(15)19/h13H,3-12H2,1-2H3.